The first kappa shape index (κ1) is 19.1. The Kier molecular flexibility index (Phi) is 4.74. The third-order valence-electron chi connectivity index (χ3n) is 6.11. The standard InChI is InChI=1S/C23H23ClN4O2/c1-27-21(19(24)12-26-27)10-20-18-9-16(15-4-5-15)6-7-17(18)23(29)28(20)13-14-3-8-22(30-2)25-11-14/h3,6-9,11-12,15,20H,4-5,10,13H2,1-2H3. The van der Waals surface area contributed by atoms with Gasteiger partial charge in [-0.1, -0.05) is 29.8 Å². The normalized spacial score (nSPS) is 18.0. The van der Waals surface area contributed by atoms with E-state index in [1.807, 2.05) is 30.1 Å². The van der Waals surface area contributed by atoms with Crippen LogP contribution in [0.2, 0.25) is 5.02 Å². The quantitative estimate of drug-likeness (QED) is 0.594. The minimum absolute atomic E-state index is 0.0476. The Morgan fingerprint density at radius 3 is 2.67 bits per heavy atom. The first-order valence-corrected chi connectivity index (χ1v) is 10.5. The van der Waals surface area contributed by atoms with E-state index in [0.717, 1.165) is 22.4 Å². The van der Waals surface area contributed by atoms with Crippen LogP contribution >= 0.6 is 11.6 Å². The summed E-state index contributed by atoms with van der Waals surface area (Å²) in [6, 6.07) is 10.0. The lowest BCUT2D eigenvalue weighted by Gasteiger charge is -2.26. The Morgan fingerprint density at radius 2 is 2.03 bits per heavy atom. The molecule has 3 heterocycles. The Balaban J connectivity index is 1.52. The number of halogens is 1. The highest BCUT2D eigenvalue weighted by molar-refractivity contribution is 6.31. The zero-order valence-electron chi connectivity index (χ0n) is 17.0. The van der Waals surface area contributed by atoms with E-state index in [9.17, 15) is 4.79 Å². The summed E-state index contributed by atoms with van der Waals surface area (Å²) in [5, 5.41) is 4.90. The van der Waals surface area contributed by atoms with Crippen molar-refractivity contribution in [2.45, 2.75) is 37.8 Å². The topological polar surface area (TPSA) is 60.2 Å². The zero-order valence-corrected chi connectivity index (χ0v) is 17.8. The van der Waals surface area contributed by atoms with Crippen LogP contribution in [-0.2, 0) is 20.0 Å². The maximum atomic E-state index is 13.4. The maximum absolute atomic E-state index is 13.4. The third-order valence-corrected chi connectivity index (χ3v) is 6.42. The number of carbonyl (C=O) groups excluding carboxylic acids is 1. The van der Waals surface area contributed by atoms with Crippen molar-refractivity contribution in [1.29, 1.82) is 0 Å². The molecular weight excluding hydrogens is 400 g/mol. The predicted molar refractivity (Wildman–Crippen MR) is 114 cm³/mol. The van der Waals surface area contributed by atoms with Crippen LogP contribution in [0.4, 0.5) is 0 Å². The molecule has 0 spiro atoms. The number of rotatable bonds is 6. The Bertz CT molecular complexity index is 1090. The van der Waals surface area contributed by atoms with Gasteiger partial charge in [0.2, 0.25) is 5.88 Å². The highest BCUT2D eigenvalue weighted by Crippen LogP contribution is 2.44. The van der Waals surface area contributed by atoms with Gasteiger partial charge in [-0.15, -0.1) is 0 Å². The molecule has 1 unspecified atom stereocenters. The number of amides is 1. The van der Waals surface area contributed by atoms with Gasteiger partial charge in [-0.2, -0.15) is 5.10 Å². The van der Waals surface area contributed by atoms with Crippen molar-refractivity contribution in [2.24, 2.45) is 7.05 Å². The molecular formula is C23H23ClN4O2. The third kappa shape index (κ3) is 3.35. The van der Waals surface area contributed by atoms with E-state index in [0.29, 0.717) is 29.8 Å². The number of benzene rings is 1. The maximum Gasteiger partial charge on any atom is 0.255 e. The monoisotopic (exact) mass is 422 g/mol. The summed E-state index contributed by atoms with van der Waals surface area (Å²) in [4.78, 5) is 19.6. The lowest BCUT2D eigenvalue weighted by Crippen LogP contribution is -2.29. The number of aryl methyl sites for hydroxylation is 1. The lowest BCUT2D eigenvalue weighted by atomic mass is 9.96. The molecule has 1 aromatic carbocycles. The van der Waals surface area contributed by atoms with Gasteiger partial charge in [-0.05, 0) is 41.5 Å². The second kappa shape index (κ2) is 7.43. The van der Waals surface area contributed by atoms with Gasteiger partial charge in [-0.25, -0.2) is 4.98 Å². The average Bonchev–Trinajstić information content (AvgIpc) is 3.53. The summed E-state index contributed by atoms with van der Waals surface area (Å²) in [5.74, 6) is 1.24. The molecule has 5 rings (SSSR count). The summed E-state index contributed by atoms with van der Waals surface area (Å²) in [6.45, 7) is 0.476. The van der Waals surface area contributed by atoms with Crippen molar-refractivity contribution in [3.8, 4) is 5.88 Å². The summed E-state index contributed by atoms with van der Waals surface area (Å²) >= 11 is 6.41. The smallest absolute Gasteiger partial charge is 0.255 e. The lowest BCUT2D eigenvalue weighted by molar-refractivity contribution is 0.0707. The van der Waals surface area contributed by atoms with Gasteiger partial charge in [0.25, 0.3) is 5.91 Å². The molecule has 1 aliphatic carbocycles. The molecule has 0 N–H and O–H groups in total. The second-order valence-corrected chi connectivity index (χ2v) is 8.45. The number of carbonyl (C=O) groups is 1. The van der Waals surface area contributed by atoms with Crippen molar-refractivity contribution >= 4 is 17.5 Å². The first-order valence-electron chi connectivity index (χ1n) is 10.1. The molecule has 1 aliphatic heterocycles. The van der Waals surface area contributed by atoms with Gasteiger partial charge in [0, 0.05) is 37.8 Å². The second-order valence-electron chi connectivity index (χ2n) is 8.05. The Labute approximate surface area is 180 Å². The van der Waals surface area contributed by atoms with E-state index in [4.69, 9.17) is 16.3 Å². The number of hydrogen-bond donors (Lipinski definition) is 0. The predicted octanol–water partition coefficient (Wildman–Crippen LogP) is 4.29. The molecule has 0 radical (unpaired) electrons. The van der Waals surface area contributed by atoms with Gasteiger partial charge in [0.05, 0.1) is 30.1 Å². The van der Waals surface area contributed by atoms with E-state index in [-0.39, 0.29) is 11.9 Å². The molecule has 0 bridgehead atoms. The molecule has 154 valence electrons. The molecule has 3 aromatic rings. The molecule has 6 nitrogen and oxygen atoms in total. The van der Waals surface area contributed by atoms with Crippen LogP contribution in [0, 0.1) is 0 Å². The van der Waals surface area contributed by atoms with Crippen molar-refractivity contribution in [1.82, 2.24) is 19.7 Å². The van der Waals surface area contributed by atoms with E-state index in [1.165, 1.54) is 18.4 Å². The van der Waals surface area contributed by atoms with Gasteiger partial charge < -0.3 is 9.64 Å². The van der Waals surface area contributed by atoms with Gasteiger partial charge in [0.1, 0.15) is 0 Å². The van der Waals surface area contributed by atoms with Gasteiger partial charge in [0.15, 0.2) is 0 Å². The van der Waals surface area contributed by atoms with Crippen LogP contribution in [0.3, 0.4) is 0 Å². The summed E-state index contributed by atoms with van der Waals surface area (Å²) in [5.41, 5.74) is 5.08. The van der Waals surface area contributed by atoms with Crippen LogP contribution < -0.4 is 4.74 Å². The van der Waals surface area contributed by atoms with Crippen LogP contribution in [0.25, 0.3) is 0 Å². The fraction of sp³-hybridized carbons (Fsp3) is 0.348. The first-order chi connectivity index (χ1) is 14.5. The Hall–Kier alpha value is -2.86. The van der Waals surface area contributed by atoms with Crippen molar-refractivity contribution < 1.29 is 9.53 Å². The van der Waals surface area contributed by atoms with Crippen LogP contribution in [0.15, 0.2) is 42.7 Å². The molecule has 30 heavy (non-hydrogen) atoms. The van der Waals surface area contributed by atoms with Crippen molar-refractivity contribution in [2.75, 3.05) is 7.11 Å². The SMILES string of the molecule is COc1ccc(CN2C(=O)c3ccc(C4CC4)cc3C2Cc2c(Cl)cnn2C)cn1. The fourth-order valence-corrected chi connectivity index (χ4v) is 4.50. The Morgan fingerprint density at radius 1 is 1.20 bits per heavy atom. The number of aromatic nitrogens is 3. The summed E-state index contributed by atoms with van der Waals surface area (Å²) in [6.07, 6.45) is 6.50. The van der Waals surface area contributed by atoms with Gasteiger partial charge >= 0.3 is 0 Å². The molecule has 7 heteroatoms. The van der Waals surface area contributed by atoms with E-state index in [2.05, 4.69) is 22.2 Å². The summed E-state index contributed by atoms with van der Waals surface area (Å²) < 4.78 is 6.95. The fourth-order valence-electron chi connectivity index (χ4n) is 4.26. The number of ether oxygens (including phenoxy) is 1. The van der Waals surface area contributed by atoms with Crippen LogP contribution in [0.5, 0.6) is 5.88 Å². The minimum atomic E-state index is -0.0961. The highest BCUT2D eigenvalue weighted by Gasteiger charge is 2.38. The molecule has 1 amide bonds. The number of nitrogens with zero attached hydrogens (tertiary/aromatic N) is 4. The highest BCUT2D eigenvalue weighted by atomic mass is 35.5. The number of fused-ring (bicyclic) bond motifs is 1. The minimum Gasteiger partial charge on any atom is -0.481 e. The molecule has 1 saturated carbocycles. The molecule has 1 fully saturated rings. The molecule has 1 atom stereocenters. The van der Waals surface area contributed by atoms with Crippen molar-refractivity contribution in [3.63, 3.8) is 0 Å². The number of pyridine rings is 1. The number of methoxy groups -OCH3 is 1. The largest absolute Gasteiger partial charge is 0.481 e. The number of hydrogen-bond acceptors (Lipinski definition) is 4. The van der Waals surface area contributed by atoms with E-state index < -0.39 is 0 Å². The summed E-state index contributed by atoms with van der Waals surface area (Å²) in [7, 11) is 3.48. The molecule has 2 aromatic heterocycles. The van der Waals surface area contributed by atoms with Crippen LogP contribution in [-0.4, -0.2) is 32.7 Å². The van der Waals surface area contributed by atoms with E-state index >= 15 is 0 Å². The molecule has 0 saturated heterocycles. The molecule has 2 aliphatic rings. The van der Waals surface area contributed by atoms with Crippen molar-refractivity contribution in [3.05, 3.63) is 75.7 Å². The average molecular weight is 423 g/mol. The van der Waals surface area contributed by atoms with E-state index in [1.54, 1.807) is 24.2 Å². The zero-order chi connectivity index (χ0) is 20.8. The van der Waals surface area contributed by atoms with Crippen LogP contribution in [0.1, 0.15) is 57.5 Å². The van der Waals surface area contributed by atoms with Gasteiger partial charge in [-0.3, -0.25) is 9.48 Å².